The van der Waals surface area contributed by atoms with Crippen LogP contribution in [0.4, 0.5) is 5.69 Å². The van der Waals surface area contributed by atoms with Crippen molar-refractivity contribution in [1.29, 1.82) is 0 Å². The lowest BCUT2D eigenvalue weighted by atomic mass is 9.95. The average Bonchev–Trinajstić information content (AvgIpc) is 2.47. The third kappa shape index (κ3) is 3.06. The van der Waals surface area contributed by atoms with Crippen LogP contribution in [0.1, 0.15) is 22.8 Å². The van der Waals surface area contributed by atoms with Crippen LogP contribution in [0.25, 0.3) is 11.1 Å². The summed E-state index contributed by atoms with van der Waals surface area (Å²) in [6.45, 7) is 4.20. The second kappa shape index (κ2) is 6.26. The van der Waals surface area contributed by atoms with Crippen LogP contribution in [-0.4, -0.2) is 22.6 Å². The van der Waals surface area contributed by atoms with Gasteiger partial charge in [-0.1, -0.05) is 6.07 Å². The number of non-ortho nitro benzene ring substituents is 1. The van der Waals surface area contributed by atoms with Crippen molar-refractivity contribution in [2.24, 2.45) is 0 Å². The normalized spacial score (nSPS) is 10.3. The van der Waals surface area contributed by atoms with Gasteiger partial charge in [0.25, 0.3) is 5.69 Å². The van der Waals surface area contributed by atoms with Crippen LogP contribution in [0.3, 0.4) is 0 Å². The van der Waals surface area contributed by atoms with E-state index in [1.54, 1.807) is 18.2 Å². The first-order valence-corrected chi connectivity index (χ1v) is 6.69. The van der Waals surface area contributed by atoms with Gasteiger partial charge in [-0.25, -0.2) is 4.79 Å². The van der Waals surface area contributed by atoms with Crippen LogP contribution in [0.2, 0.25) is 0 Å². The Balaban J connectivity index is 2.61. The second-order valence-corrected chi connectivity index (χ2v) is 4.70. The van der Waals surface area contributed by atoms with Gasteiger partial charge in [0.2, 0.25) is 0 Å². The molecular formula is C16H15NO5. The predicted molar refractivity (Wildman–Crippen MR) is 81.4 cm³/mol. The first-order chi connectivity index (χ1) is 10.4. The maximum atomic E-state index is 11.4. The summed E-state index contributed by atoms with van der Waals surface area (Å²) >= 11 is 0. The van der Waals surface area contributed by atoms with E-state index in [1.807, 2.05) is 13.8 Å². The Morgan fingerprint density at radius 3 is 2.50 bits per heavy atom. The number of hydrogen-bond acceptors (Lipinski definition) is 4. The molecule has 0 aliphatic rings. The van der Waals surface area contributed by atoms with Crippen molar-refractivity contribution >= 4 is 11.7 Å². The molecule has 0 aromatic heterocycles. The van der Waals surface area contributed by atoms with E-state index in [9.17, 15) is 20.0 Å². The highest BCUT2D eigenvalue weighted by Crippen LogP contribution is 2.32. The first-order valence-electron chi connectivity index (χ1n) is 6.69. The average molecular weight is 301 g/mol. The van der Waals surface area contributed by atoms with Gasteiger partial charge < -0.3 is 9.84 Å². The number of ether oxygens (including phenoxy) is 1. The number of aryl methyl sites for hydroxylation is 1. The molecule has 0 bridgehead atoms. The zero-order chi connectivity index (χ0) is 16.3. The number of nitrogens with zero attached hydrogens (tertiary/aromatic N) is 1. The summed E-state index contributed by atoms with van der Waals surface area (Å²) in [5, 5.41) is 20.2. The Kier molecular flexibility index (Phi) is 4.41. The first kappa shape index (κ1) is 15.5. The number of rotatable bonds is 5. The fourth-order valence-corrected chi connectivity index (χ4v) is 2.25. The van der Waals surface area contributed by atoms with Gasteiger partial charge in [-0.2, -0.15) is 0 Å². The molecule has 0 aliphatic heterocycles. The summed E-state index contributed by atoms with van der Waals surface area (Å²) in [5.74, 6) is -0.454. The Labute approximate surface area is 127 Å². The minimum Gasteiger partial charge on any atom is -0.494 e. The molecule has 2 aromatic rings. The fraction of sp³-hybridized carbons (Fsp3) is 0.188. The molecule has 1 N–H and O–H groups in total. The maximum absolute atomic E-state index is 11.4. The van der Waals surface area contributed by atoms with E-state index in [4.69, 9.17) is 4.74 Å². The second-order valence-electron chi connectivity index (χ2n) is 4.70. The molecule has 0 saturated carbocycles. The minimum absolute atomic E-state index is 0.0258. The van der Waals surface area contributed by atoms with Crippen LogP contribution >= 0.6 is 0 Å². The van der Waals surface area contributed by atoms with Gasteiger partial charge in [0.15, 0.2) is 0 Å². The van der Waals surface area contributed by atoms with Crippen molar-refractivity contribution in [3.8, 4) is 16.9 Å². The van der Waals surface area contributed by atoms with Crippen LogP contribution in [-0.2, 0) is 0 Å². The third-order valence-corrected chi connectivity index (χ3v) is 3.24. The van der Waals surface area contributed by atoms with Gasteiger partial charge >= 0.3 is 5.97 Å². The number of carbonyl (C=O) groups is 1. The zero-order valence-electron chi connectivity index (χ0n) is 12.2. The Morgan fingerprint density at radius 1 is 1.23 bits per heavy atom. The highest BCUT2D eigenvalue weighted by atomic mass is 16.6. The molecule has 0 radical (unpaired) electrons. The summed E-state index contributed by atoms with van der Waals surface area (Å²) in [7, 11) is 0. The van der Waals surface area contributed by atoms with Gasteiger partial charge in [-0.05, 0) is 43.2 Å². The van der Waals surface area contributed by atoms with E-state index in [1.165, 1.54) is 18.2 Å². The van der Waals surface area contributed by atoms with E-state index in [0.29, 0.717) is 23.5 Å². The minimum atomic E-state index is -1.13. The lowest BCUT2D eigenvalue weighted by Crippen LogP contribution is -2.02. The lowest BCUT2D eigenvalue weighted by Gasteiger charge is -2.11. The number of carboxylic acids is 1. The van der Waals surface area contributed by atoms with E-state index < -0.39 is 10.9 Å². The van der Waals surface area contributed by atoms with Crippen molar-refractivity contribution in [2.75, 3.05) is 6.61 Å². The number of nitro benzene ring substituents is 1. The molecule has 0 spiro atoms. The molecule has 114 valence electrons. The monoisotopic (exact) mass is 301 g/mol. The number of benzene rings is 2. The molecule has 0 saturated heterocycles. The maximum Gasteiger partial charge on any atom is 0.336 e. The van der Waals surface area contributed by atoms with Crippen molar-refractivity contribution in [3.05, 3.63) is 57.6 Å². The predicted octanol–water partition coefficient (Wildman–Crippen LogP) is 3.67. The zero-order valence-corrected chi connectivity index (χ0v) is 12.2. The molecule has 22 heavy (non-hydrogen) atoms. The van der Waals surface area contributed by atoms with Gasteiger partial charge in [-0.15, -0.1) is 0 Å². The summed E-state index contributed by atoms with van der Waals surface area (Å²) in [6.07, 6.45) is 0. The van der Waals surface area contributed by atoms with E-state index >= 15 is 0 Å². The Hall–Kier alpha value is -2.89. The Bertz CT molecular complexity index is 739. The highest BCUT2D eigenvalue weighted by molar-refractivity contribution is 5.97. The largest absolute Gasteiger partial charge is 0.494 e. The van der Waals surface area contributed by atoms with Crippen LogP contribution in [0.5, 0.6) is 5.75 Å². The van der Waals surface area contributed by atoms with Crippen LogP contribution in [0, 0.1) is 17.0 Å². The molecule has 2 rings (SSSR count). The molecular weight excluding hydrogens is 286 g/mol. The number of nitro groups is 1. The lowest BCUT2D eigenvalue weighted by molar-refractivity contribution is -0.384. The fourth-order valence-electron chi connectivity index (χ4n) is 2.25. The topological polar surface area (TPSA) is 89.7 Å². The van der Waals surface area contributed by atoms with Crippen molar-refractivity contribution in [3.63, 3.8) is 0 Å². The molecule has 2 aromatic carbocycles. The van der Waals surface area contributed by atoms with E-state index in [0.717, 1.165) is 5.56 Å². The molecule has 0 fully saturated rings. The SMILES string of the molecule is CCOc1ccc(-c2cc([N+](=O)[O-])ccc2C(=O)O)c(C)c1. The van der Waals surface area contributed by atoms with Gasteiger partial charge in [0, 0.05) is 17.7 Å². The molecule has 0 aliphatic carbocycles. The van der Waals surface area contributed by atoms with E-state index in [-0.39, 0.29) is 11.3 Å². The molecule has 0 atom stereocenters. The van der Waals surface area contributed by atoms with E-state index in [2.05, 4.69) is 0 Å². The number of hydrogen-bond donors (Lipinski definition) is 1. The highest BCUT2D eigenvalue weighted by Gasteiger charge is 2.18. The van der Waals surface area contributed by atoms with Crippen molar-refractivity contribution in [2.45, 2.75) is 13.8 Å². The number of carboxylic acid groups (broad SMARTS) is 1. The third-order valence-electron chi connectivity index (χ3n) is 3.24. The molecule has 6 heteroatoms. The summed E-state index contributed by atoms with van der Waals surface area (Å²) in [4.78, 5) is 21.7. The molecule has 0 amide bonds. The van der Waals surface area contributed by atoms with Crippen molar-refractivity contribution in [1.82, 2.24) is 0 Å². The molecule has 0 heterocycles. The standard InChI is InChI=1S/C16H15NO5/c1-3-22-12-5-7-13(10(2)8-12)15-9-11(17(20)21)4-6-14(15)16(18)19/h4-9H,3H2,1-2H3,(H,18,19). The summed E-state index contributed by atoms with van der Waals surface area (Å²) < 4.78 is 5.39. The Morgan fingerprint density at radius 2 is 1.95 bits per heavy atom. The molecule has 6 nitrogen and oxygen atoms in total. The summed E-state index contributed by atoms with van der Waals surface area (Å²) in [6, 6.07) is 8.94. The number of aromatic carboxylic acids is 1. The smallest absolute Gasteiger partial charge is 0.336 e. The summed E-state index contributed by atoms with van der Waals surface area (Å²) in [5.41, 5.74) is 1.62. The van der Waals surface area contributed by atoms with Crippen LogP contribution < -0.4 is 4.74 Å². The van der Waals surface area contributed by atoms with Crippen LogP contribution in [0.15, 0.2) is 36.4 Å². The van der Waals surface area contributed by atoms with Gasteiger partial charge in [0.1, 0.15) is 5.75 Å². The quantitative estimate of drug-likeness (QED) is 0.672. The van der Waals surface area contributed by atoms with Gasteiger partial charge in [0.05, 0.1) is 17.1 Å². The van der Waals surface area contributed by atoms with Gasteiger partial charge in [-0.3, -0.25) is 10.1 Å². The van der Waals surface area contributed by atoms with Crippen molar-refractivity contribution < 1.29 is 19.6 Å². The molecule has 0 unspecified atom stereocenters.